The number of rotatable bonds is 5. The van der Waals surface area contributed by atoms with Gasteiger partial charge in [0.15, 0.2) is 10.4 Å². The van der Waals surface area contributed by atoms with Crippen LogP contribution in [0.15, 0.2) is 56.0 Å². The highest BCUT2D eigenvalue weighted by Crippen LogP contribution is 2.26. The minimum atomic E-state index is -0.559. The number of hydrogen-bond donors (Lipinski definition) is 1. The van der Waals surface area contributed by atoms with E-state index in [0.29, 0.717) is 16.6 Å². The van der Waals surface area contributed by atoms with Gasteiger partial charge in [-0.3, -0.25) is 4.79 Å². The van der Waals surface area contributed by atoms with Gasteiger partial charge in [-0.2, -0.15) is 0 Å². The average molecular weight is 417 g/mol. The SMILES string of the molecule is O=C(N[C@H](c1ccccc1)c1nnc(N2CCCC2)o1)c1ccc(Br)o1. The van der Waals surface area contributed by atoms with Gasteiger partial charge in [-0.15, -0.1) is 5.10 Å². The highest BCUT2D eigenvalue weighted by atomic mass is 79.9. The fraction of sp³-hybridized carbons (Fsp3) is 0.278. The van der Waals surface area contributed by atoms with Crippen LogP contribution in [0.4, 0.5) is 6.01 Å². The first-order chi connectivity index (χ1) is 12.7. The smallest absolute Gasteiger partial charge is 0.318 e. The van der Waals surface area contributed by atoms with Crippen molar-refractivity contribution in [1.82, 2.24) is 15.5 Å². The molecule has 0 aliphatic carbocycles. The highest BCUT2D eigenvalue weighted by Gasteiger charge is 2.26. The third-order valence-corrected chi connectivity index (χ3v) is 4.69. The van der Waals surface area contributed by atoms with Crippen molar-refractivity contribution in [1.29, 1.82) is 0 Å². The van der Waals surface area contributed by atoms with E-state index in [0.717, 1.165) is 31.5 Å². The van der Waals surface area contributed by atoms with Crippen LogP contribution in [0.1, 0.15) is 40.9 Å². The Kier molecular flexibility index (Phi) is 4.75. The van der Waals surface area contributed by atoms with E-state index in [1.165, 1.54) is 0 Å². The van der Waals surface area contributed by atoms with Crippen molar-refractivity contribution < 1.29 is 13.6 Å². The average Bonchev–Trinajstić information content (AvgIpc) is 3.41. The first kappa shape index (κ1) is 16.8. The molecule has 1 N–H and O–H groups in total. The zero-order valence-electron chi connectivity index (χ0n) is 13.9. The van der Waals surface area contributed by atoms with E-state index in [9.17, 15) is 4.79 Å². The summed E-state index contributed by atoms with van der Waals surface area (Å²) in [6.07, 6.45) is 2.23. The number of carbonyl (C=O) groups is 1. The zero-order chi connectivity index (χ0) is 17.9. The number of hydrogen-bond acceptors (Lipinski definition) is 6. The predicted molar refractivity (Wildman–Crippen MR) is 97.9 cm³/mol. The largest absolute Gasteiger partial charge is 0.444 e. The third kappa shape index (κ3) is 3.50. The molecule has 1 aliphatic rings. The Morgan fingerprint density at radius 1 is 1.08 bits per heavy atom. The van der Waals surface area contributed by atoms with Gasteiger partial charge in [0.2, 0.25) is 5.89 Å². The van der Waals surface area contributed by atoms with E-state index in [2.05, 4.69) is 36.3 Å². The molecule has 1 aromatic carbocycles. The molecule has 7 nitrogen and oxygen atoms in total. The molecule has 0 unspecified atom stereocenters. The van der Waals surface area contributed by atoms with Crippen LogP contribution < -0.4 is 10.2 Å². The molecule has 3 heterocycles. The number of furan rings is 1. The maximum atomic E-state index is 12.6. The molecule has 1 atom stereocenters. The van der Waals surface area contributed by atoms with Gasteiger partial charge in [0.05, 0.1) is 0 Å². The van der Waals surface area contributed by atoms with Crippen molar-refractivity contribution >= 4 is 27.9 Å². The second kappa shape index (κ2) is 7.33. The van der Waals surface area contributed by atoms with Gasteiger partial charge in [0, 0.05) is 13.1 Å². The molecule has 26 heavy (non-hydrogen) atoms. The number of nitrogens with zero attached hydrogens (tertiary/aromatic N) is 3. The Bertz CT molecular complexity index is 887. The van der Waals surface area contributed by atoms with Crippen LogP contribution in [0, 0.1) is 0 Å². The second-order valence-electron chi connectivity index (χ2n) is 6.04. The summed E-state index contributed by atoms with van der Waals surface area (Å²) in [6, 6.07) is 12.7. The van der Waals surface area contributed by atoms with Crippen molar-refractivity contribution in [2.45, 2.75) is 18.9 Å². The van der Waals surface area contributed by atoms with E-state index in [4.69, 9.17) is 8.83 Å². The normalized spacial score (nSPS) is 15.2. The van der Waals surface area contributed by atoms with E-state index in [1.807, 2.05) is 30.3 Å². The Labute approximate surface area is 158 Å². The lowest BCUT2D eigenvalue weighted by Gasteiger charge is -2.15. The van der Waals surface area contributed by atoms with E-state index < -0.39 is 6.04 Å². The van der Waals surface area contributed by atoms with Crippen molar-refractivity contribution in [3.63, 3.8) is 0 Å². The second-order valence-corrected chi connectivity index (χ2v) is 6.82. The third-order valence-electron chi connectivity index (χ3n) is 4.26. The minimum absolute atomic E-state index is 0.206. The van der Waals surface area contributed by atoms with E-state index >= 15 is 0 Å². The van der Waals surface area contributed by atoms with Crippen molar-refractivity contribution in [2.75, 3.05) is 18.0 Å². The maximum absolute atomic E-state index is 12.6. The molecule has 4 rings (SSSR count). The Morgan fingerprint density at radius 3 is 2.54 bits per heavy atom. The van der Waals surface area contributed by atoms with Crippen LogP contribution >= 0.6 is 15.9 Å². The summed E-state index contributed by atoms with van der Waals surface area (Å²) in [6.45, 7) is 1.81. The van der Waals surface area contributed by atoms with Gasteiger partial charge < -0.3 is 19.1 Å². The Morgan fingerprint density at radius 2 is 1.85 bits per heavy atom. The summed E-state index contributed by atoms with van der Waals surface area (Å²) in [5.74, 6) is 0.194. The molecule has 1 amide bonds. The molecule has 1 aliphatic heterocycles. The van der Waals surface area contributed by atoms with Gasteiger partial charge in [-0.1, -0.05) is 35.4 Å². The molecular formula is C18H17BrN4O3. The Hall–Kier alpha value is -2.61. The predicted octanol–water partition coefficient (Wildman–Crippen LogP) is 3.54. The summed E-state index contributed by atoms with van der Waals surface area (Å²) < 4.78 is 11.7. The number of anilines is 1. The molecule has 2 aromatic heterocycles. The van der Waals surface area contributed by atoms with Gasteiger partial charge in [-0.25, -0.2) is 0 Å². The first-order valence-corrected chi connectivity index (χ1v) is 9.19. The molecule has 0 bridgehead atoms. The lowest BCUT2D eigenvalue weighted by Crippen LogP contribution is -2.29. The van der Waals surface area contributed by atoms with Crippen LogP contribution in [-0.4, -0.2) is 29.2 Å². The standard InChI is InChI=1S/C18H17BrN4O3/c19-14-9-8-13(25-14)16(24)20-15(12-6-2-1-3-7-12)17-21-22-18(26-17)23-10-4-5-11-23/h1-3,6-9,15H,4-5,10-11H2,(H,20,24)/t15-/m1/s1. The number of halogens is 1. The van der Waals surface area contributed by atoms with Crippen molar-refractivity contribution in [3.05, 3.63) is 64.3 Å². The summed E-state index contributed by atoms with van der Waals surface area (Å²) in [5, 5.41) is 11.2. The lowest BCUT2D eigenvalue weighted by molar-refractivity contribution is 0.0908. The molecule has 3 aromatic rings. The summed E-state index contributed by atoms with van der Waals surface area (Å²) in [5.41, 5.74) is 0.850. The number of benzene rings is 1. The van der Waals surface area contributed by atoms with Crippen LogP contribution in [0.5, 0.6) is 0 Å². The topological polar surface area (TPSA) is 84.4 Å². The number of amides is 1. The van der Waals surface area contributed by atoms with Gasteiger partial charge in [0.25, 0.3) is 5.91 Å². The van der Waals surface area contributed by atoms with Gasteiger partial charge in [0.1, 0.15) is 6.04 Å². The number of carbonyl (C=O) groups excluding carboxylic acids is 1. The molecule has 0 spiro atoms. The van der Waals surface area contributed by atoms with Crippen LogP contribution in [0.3, 0.4) is 0 Å². The van der Waals surface area contributed by atoms with E-state index in [-0.39, 0.29) is 11.7 Å². The van der Waals surface area contributed by atoms with Crippen LogP contribution in [0.25, 0.3) is 0 Å². The summed E-state index contributed by atoms with van der Waals surface area (Å²) >= 11 is 3.20. The van der Waals surface area contributed by atoms with Crippen molar-refractivity contribution in [3.8, 4) is 0 Å². The monoisotopic (exact) mass is 416 g/mol. The minimum Gasteiger partial charge on any atom is -0.444 e. The lowest BCUT2D eigenvalue weighted by atomic mass is 10.1. The van der Waals surface area contributed by atoms with Gasteiger partial charge >= 0.3 is 6.01 Å². The van der Waals surface area contributed by atoms with E-state index in [1.54, 1.807) is 12.1 Å². The first-order valence-electron chi connectivity index (χ1n) is 8.40. The zero-order valence-corrected chi connectivity index (χ0v) is 15.5. The maximum Gasteiger partial charge on any atom is 0.318 e. The molecule has 1 fully saturated rings. The van der Waals surface area contributed by atoms with Crippen LogP contribution in [0.2, 0.25) is 0 Å². The molecule has 0 radical (unpaired) electrons. The highest BCUT2D eigenvalue weighted by molar-refractivity contribution is 9.10. The summed E-state index contributed by atoms with van der Waals surface area (Å²) in [4.78, 5) is 14.6. The van der Waals surface area contributed by atoms with Crippen molar-refractivity contribution in [2.24, 2.45) is 0 Å². The quantitative estimate of drug-likeness (QED) is 0.684. The molecular weight excluding hydrogens is 400 g/mol. The van der Waals surface area contributed by atoms with Crippen LogP contribution in [-0.2, 0) is 0 Å². The molecule has 0 saturated carbocycles. The van der Waals surface area contributed by atoms with Gasteiger partial charge in [-0.05, 0) is 46.5 Å². The Balaban J connectivity index is 1.62. The fourth-order valence-corrected chi connectivity index (χ4v) is 3.26. The summed E-state index contributed by atoms with van der Waals surface area (Å²) in [7, 11) is 0. The number of nitrogens with one attached hydrogen (secondary N) is 1. The molecule has 134 valence electrons. The molecule has 8 heteroatoms. The fourth-order valence-electron chi connectivity index (χ4n) is 2.95. The molecule has 1 saturated heterocycles. The number of aromatic nitrogens is 2.